The van der Waals surface area contributed by atoms with Crippen LogP contribution in [0.2, 0.25) is 0 Å². The third-order valence-corrected chi connectivity index (χ3v) is 3.78. The second-order valence-corrected chi connectivity index (χ2v) is 6.04. The molecule has 0 aromatic carbocycles. The molecule has 4 nitrogen and oxygen atoms in total. The van der Waals surface area contributed by atoms with Crippen molar-refractivity contribution in [3.8, 4) is 0 Å². The van der Waals surface area contributed by atoms with Gasteiger partial charge in [0.1, 0.15) is 0 Å². The highest BCUT2D eigenvalue weighted by molar-refractivity contribution is 5.82. The summed E-state index contributed by atoms with van der Waals surface area (Å²) in [5, 5.41) is 7.58. The summed E-state index contributed by atoms with van der Waals surface area (Å²) < 4.78 is 0. The highest BCUT2D eigenvalue weighted by Gasteiger charge is 2.21. The fourth-order valence-corrected chi connectivity index (χ4v) is 2.14. The van der Waals surface area contributed by atoms with Gasteiger partial charge in [-0.25, -0.2) is 0 Å². The number of aryl methyl sites for hydroxylation is 1. The quantitative estimate of drug-likeness (QED) is 0.566. The maximum atomic E-state index is 7.58. The maximum Gasteiger partial charge on any atom is 0.0963 e. The van der Waals surface area contributed by atoms with Crippen molar-refractivity contribution in [1.82, 2.24) is 9.88 Å². The lowest BCUT2D eigenvalue weighted by molar-refractivity contribution is 0.259. The van der Waals surface area contributed by atoms with Crippen LogP contribution in [0.15, 0.2) is 18.2 Å². The van der Waals surface area contributed by atoms with Crippen LogP contribution in [0, 0.1) is 17.7 Å². The molecule has 20 heavy (non-hydrogen) atoms. The van der Waals surface area contributed by atoms with E-state index in [1.165, 1.54) is 0 Å². The molecule has 1 heterocycles. The Hall–Kier alpha value is -1.42. The average molecular weight is 276 g/mol. The van der Waals surface area contributed by atoms with Gasteiger partial charge < -0.3 is 5.73 Å². The van der Waals surface area contributed by atoms with Gasteiger partial charge in [0.15, 0.2) is 0 Å². The Bertz CT molecular complexity index is 440. The predicted octanol–water partition coefficient (Wildman–Crippen LogP) is 2.95. The zero-order valence-electron chi connectivity index (χ0n) is 13.2. The minimum atomic E-state index is -0.193. The van der Waals surface area contributed by atoms with E-state index in [9.17, 15) is 0 Å². The smallest absolute Gasteiger partial charge is 0.0963 e. The highest BCUT2D eigenvalue weighted by atomic mass is 15.1. The number of nitrogens with zero attached hydrogens (tertiary/aromatic N) is 2. The Morgan fingerprint density at radius 1 is 1.40 bits per heavy atom. The Balaban J connectivity index is 2.46. The number of aromatic nitrogens is 1. The Labute approximate surface area is 122 Å². The van der Waals surface area contributed by atoms with Crippen molar-refractivity contribution in [2.45, 2.75) is 47.1 Å². The lowest BCUT2D eigenvalue weighted by Gasteiger charge is -2.25. The summed E-state index contributed by atoms with van der Waals surface area (Å²) in [5.41, 5.74) is 7.61. The van der Waals surface area contributed by atoms with Crippen molar-refractivity contribution in [2.24, 2.45) is 11.1 Å². The molecule has 0 saturated carbocycles. The molecule has 0 atom stereocenters. The average Bonchev–Trinajstić information content (AvgIpc) is 2.37. The normalized spacial score (nSPS) is 11.8. The van der Waals surface area contributed by atoms with Crippen LogP contribution in [0.3, 0.4) is 0 Å². The fraction of sp³-hybridized carbons (Fsp3) is 0.625. The van der Waals surface area contributed by atoms with Crippen LogP contribution in [-0.4, -0.2) is 28.8 Å². The van der Waals surface area contributed by atoms with E-state index in [1.807, 2.05) is 26.8 Å². The molecule has 0 spiro atoms. The van der Waals surface area contributed by atoms with Crippen LogP contribution in [0.4, 0.5) is 0 Å². The minimum Gasteiger partial charge on any atom is -0.387 e. The molecule has 0 unspecified atom stereocenters. The standard InChI is InChI=1S/C16H28N4/c1-5-20(11-7-10-16(3,4)15(17)18)12-14-9-6-8-13(2)19-14/h6,8-9H,5,7,10-12H2,1-4H3,(H3,17,18). The van der Waals surface area contributed by atoms with E-state index in [1.54, 1.807) is 0 Å². The molecular weight excluding hydrogens is 248 g/mol. The summed E-state index contributed by atoms with van der Waals surface area (Å²) in [6, 6.07) is 6.16. The number of pyridine rings is 1. The monoisotopic (exact) mass is 276 g/mol. The van der Waals surface area contributed by atoms with Crippen molar-refractivity contribution in [3.63, 3.8) is 0 Å². The first kappa shape index (κ1) is 16.6. The number of hydrogen-bond acceptors (Lipinski definition) is 3. The van der Waals surface area contributed by atoms with Crippen molar-refractivity contribution < 1.29 is 0 Å². The lowest BCUT2D eigenvalue weighted by Crippen LogP contribution is -2.32. The number of amidine groups is 1. The van der Waals surface area contributed by atoms with Crippen LogP contribution in [0.1, 0.15) is 45.0 Å². The minimum absolute atomic E-state index is 0.193. The van der Waals surface area contributed by atoms with Crippen molar-refractivity contribution in [1.29, 1.82) is 5.41 Å². The molecule has 1 aromatic rings. The molecule has 0 radical (unpaired) electrons. The molecule has 0 bridgehead atoms. The van der Waals surface area contributed by atoms with Gasteiger partial charge in [0, 0.05) is 17.7 Å². The van der Waals surface area contributed by atoms with E-state index in [0.717, 1.165) is 43.9 Å². The predicted molar refractivity (Wildman–Crippen MR) is 84.9 cm³/mol. The van der Waals surface area contributed by atoms with E-state index in [0.29, 0.717) is 0 Å². The molecule has 112 valence electrons. The summed E-state index contributed by atoms with van der Waals surface area (Å²) in [6.07, 6.45) is 1.99. The molecule has 0 saturated heterocycles. The van der Waals surface area contributed by atoms with Gasteiger partial charge in [-0.2, -0.15) is 0 Å². The second-order valence-electron chi connectivity index (χ2n) is 6.04. The van der Waals surface area contributed by atoms with Gasteiger partial charge in [0.25, 0.3) is 0 Å². The second kappa shape index (κ2) is 7.39. The lowest BCUT2D eigenvalue weighted by atomic mass is 9.86. The molecule has 0 fully saturated rings. The SMILES string of the molecule is CCN(CCCC(C)(C)C(=N)N)Cc1cccc(C)n1. The molecule has 1 rings (SSSR count). The zero-order chi connectivity index (χ0) is 15.2. The van der Waals surface area contributed by atoms with Crippen LogP contribution < -0.4 is 5.73 Å². The van der Waals surface area contributed by atoms with Crippen LogP contribution in [-0.2, 0) is 6.54 Å². The van der Waals surface area contributed by atoms with E-state index in [4.69, 9.17) is 11.1 Å². The summed E-state index contributed by atoms with van der Waals surface area (Å²) in [4.78, 5) is 6.94. The van der Waals surface area contributed by atoms with E-state index < -0.39 is 0 Å². The molecule has 0 amide bonds. The molecule has 0 aliphatic rings. The van der Waals surface area contributed by atoms with Gasteiger partial charge in [-0.05, 0) is 45.0 Å². The molecular formula is C16H28N4. The Kier molecular flexibility index (Phi) is 6.14. The summed E-state index contributed by atoms with van der Waals surface area (Å²) in [5.74, 6) is 0.279. The van der Waals surface area contributed by atoms with Crippen LogP contribution >= 0.6 is 0 Å². The third-order valence-electron chi connectivity index (χ3n) is 3.78. The van der Waals surface area contributed by atoms with Gasteiger partial charge in [0.05, 0.1) is 11.5 Å². The van der Waals surface area contributed by atoms with Crippen LogP contribution in [0.25, 0.3) is 0 Å². The first-order valence-electron chi connectivity index (χ1n) is 7.34. The number of nitrogens with two attached hydrogens (primary N) is 1. The van der Waals surface area contributed by atoms with Gasteiger partial charge in [-0.1, -0.05) is 26.8 Å². The maximum absolute atomic E-state index is 7.58. The number of nitrogens with one attached hydrogen (secondary N) is 1. The van der Waals surface area contributed by atoms with Gasteiger partial charge in [-0.15, -0.1) is 0 Å². The molecule has 0 aliphatic heterocycles. The zero-order valence-corrected chi connectivity index (χ0v) is 13.2. The van der Waals surface area contributed by atoms with Crippen molar-refractivity contribution >= 4 is 5.84 Å². The van der Waals surface area contributed by atoms with Crippen molar-refractivity contribution in [2.75, 3.05) is 13.1 Å². The number of hydrogen-bond donors (Lipinski definition) is 2. The summed E-state index contributed by atoms with van der Waals surface area (Å²) in [7, 11) is 0. The van der Waals surface area contributed by atoms with Gasteiger partial charge in [0.2, 0.25) is 0 Å². The molecule has 4 heteroatoms. The third kappa shape index (κ3) is 5.29. The van der Waals surface area contributed by atoms with E-state index in [-0.39, 0.29) is 11.3 Å². The van der Waals surface area contributed by atoms with Crippen molar-refractivity contribution in [3.05, 3.63) is 29.6 Å². The van der Waals surface area contributed by atoms with Crippen LogP contribution in [0.5, 0.6) is 0 Å². The molecule has 1 aromatic heterocycles. The Morgan fingerprint density at radius 2 is 2.10 bits per heavy atom. The topological polar surface area (TPSA) is 66.0 Å². The largest absolute Gasteiger partial charge is 0.387 e. The Morgan fingerprint density at radius 3 is 2.65 bits per heavy atom. The first-order valence-corrected chi connectivity index (χ1v) is 7.34. The van der Waals surface area contributed by atoms with E-state index in [2.05, 4.69) is 28.9 Å². The van der Waals surface area contributed by atoms with Gasteiger partial charge >= 0.3 is 0 Å². The number of rotatable bonds is 8. The molecule has 0 aliphatic carbocycles. The highest BCUT2D eigenvalue weighted by Crippen LogP contribution is 2.22. The fourth-order valence-electron chi connectivity index (χ4n) is 2.14. The molecule has 3 N–H and O–H groups in total. The summed E-state index contributed by atoms with van der Waals surface area (Å²) >= 11 is 0. The first-order chi connectivity index (χ1) is 9.35. The van der Waals surface area contributed by atoms with Gasteiger partial charge in [-0.3, -0.25) is 15.3 Å². The van der Waals surface area contributed by atoms with E-state index >= 15 is 0 Å². The summed E-state index contributed by atoms with van der Waals surface area (Å²) in [6.45, 7) is 11.2.